The number of pyridine rings is 1. The average molecular weight is 276 g/mol. The Morgan fingerprint density at radius 3 is 2.74 bits per heavy atom. The van der Waals surface area contributed by atoms with Gasteiger partial charge >= 0.3 is 11.8 Å². The summed E-state index contributed by atoms with van der Waals surface area (Å²) in [6.45, 7) is 1.57. The molecule has 0 aromatic carbocycles. The van der Waals surface area contributed by atoms with E-state index < -0.39 is 46.6 Å². The topological polar surface area (TPSA) is 103 Å². The summed E-state index contributed by atoms with van der Waals surface area (Å²) in [4.78, 5) is 24.0. The first kappa shape index (κ1) is 14.7. The number of carbonyl (C=O) groups excluding carboxylic acids is 1. The Morgan fingerprint density at radius 2 is 2.26 bits per heavy atom. The van der Waals surface area contributed by atoms with Gasteiger partial charge in [-0.25, -0.2) is 8.78 Å². The van der Waals surface area contributed by atoms with Gasteiger partial charge < -0.3 is 20.0 Å². The predicted octanol–water partition coefficient (Wildman–Crippen LogP) is 1.74. The quantitative estimate of drug-likeness (QED) is 0.499. The molecule has 9 heteroatoms. The van der Waals surface area contributed by atoms with Crippen LogP contribution in [-0.2, 0) is 16.0 Å². The Hall–Kier alpha value is -2.32. The molecule has 1 heterocycles. The molecule has 0 spiro atoms. The van der Waals surface area contributed by atoms with Crippen LogP contribution in [0, 0.1) is 10.1 Å². The van der Waals surface area contributed by atoms with Crippen LogP contribution in [0.15, 0.2) is 6.07 Å². The molecule has 19 heavy (non-hydrogen) atoms. The second kappa shape index (κ2) is 6.03. The van der Waals surface area contributed by atoms with Crippen molar-refractivity contribution in [3.8, 4) is 5.75 Å². The van der Waals surface area contributed by atoms with E-state index in [1.807, 2.05) is 0 Å². The van der Waals surface area contributed by atoms with Crippen molar-refractivity contribution in [1.29, 1.82) is 0 Å². The van der Waals surface area contributed by atoms with Gasteiger partial charge in [0.25, 0.3) is 6.43 Å². The molecular formula is C10H10F2N2O5. The van der Waals surface area contributed by atoms with E-state index in [9.17, 15) is 28.8 Å². The SMILES string of the molecule is CCOC(=O)Cc1nc([N+](=O)[O-])c(O)cc1C(F)F. The lowest BCUT2D eigenvalue weighted by Crippen LogP contribution is -2.12. The van der Waals surface area contributed by atoms with Gasteiger partial charge in [0.1, 0.15) is 6.42 Å². The number of alkyl halides is 2. The van der Waals surface area contributed by atoms with E-state index in [0.717, 1.165) is 0 Å². The van der Waals surface area contributed by atoms with Crippen molar-refractivity contribution in [3.05, 3.63) is 27.4 Å². The number of hydrogen-bond donors (Lipinski definition) is 1. The smallest absolute Gasteiger partial charge is 0.406 e. The van der Waals surface area contributed by atoms with Crippen molar-refractivity contribution in [2.45, 2.75) is 19.8 Å². The second-order valence-electron chi connectivity index (χ2n) is 3.41. The van der Waals surface area contributed by atoms with Gasteiger partial charge in [0.05, 0.1) is 12.2 Å². The number of carbonyl (C=O) groups is 1. The van der Waals surface area contributed by atoms with E-state index >= 15 is 0 Å². The molecule has 0 unspecified atom stereocenters. The first-order chi connectivity index (χ1) is 8.86. The minimum absolute atomic E-state index is 0.0447. The van der Waals surface area contributed by atoms with E-state index in [1.165, 1.54) is 6.92 Å². The fourth-order valence-corrected chi connectivity index (χ4v) is 1.36. The van der Waals surface area contributed by atoms with E-state index in [0.29, 0.717) is 6.07 Å². The monoisotopic (exact) mass is 276 g/mol. The lowest BCUT2D eigenvalue weighted by atomic mass is 10.1. The molecule has 0 aliphatic heterocycles. The number of aromatic nitrogens is 1. The summed E-state index contributed by atoms with van der Waals surface area (Å²) in [5.41, 5.74) is -1.23. The predicted molar refractivity (Wildman–Crippen MR) is 57.9 cm³/mol. The van der Waals surface area contributed by atoms with Crippen LogP contribution in [0.1, 0.15) is 24.6 Å². The highest BCUT2D eigenvalue weighted by Gasteiger charge is 2.27. The zero-order valence-electron chi connectivity index (χ0n) is 9.80. The molecule has 0 fully saturated rings. The second-order valence-corrected chi connectivity index (χ2v) is 3.41. The molecule has 1 N–H and O–H groups in total. The Kier molecular flexibility index (Phi) is 4.67. The van der Waals surface area contributed by atoms with E-state index in [4.69, 9.17) is 0 Å². The van der Waals surface area contributed by atoms with Crippen molar-refractivity contribution in [2.24, 2.45) is 0 Å². The Bertz CT molecular complexity index is 507. The zero-order valence-corrected chi connectivity index (χ0v) is 9.80. The Balaban J connectivity index is 3.21. The fourth-order valence-electron chi connectivity index (χ4n) is 1.36. The van der Waals surface area contributed by atoms with E-state index in [2.05, 4.69) is 9.72 Å². The number of nitro groups is 1. The summed E-state index contributed by atoms with van der Waals surface area (Å²) in [6.07, 6.45) is -3.65. The summed E-state index contributed by atoms with van der Waals surface area (Å²) in [5.74, 6) is -2.80. The molecule has 0 bridgehead atoms. The average Bonchev–Trinajstić information content (AvgIpc) is 2.30. The molecule has 0 radical (unpaired) electrons. The molecule has 0 aliphatic rings. The third-order valence-corrected chi connectivity index (χ3v) is 2.12. The molecule has 0 atom stereocenters. The highest BCUT2D eigenvalue weighted by molar-refractivity contribution is 5.72. The summed E-state index contributed by atoms with van der Waals surface area (Å²) in [7, 11) is 0. The van der Waals surface area contributed by atoms with Crippen molar-refractivity contribution < 1.29 is 28.3 Å². The van der Waals surface area contributed by atoms with Gasteiger partial charge in [0.2, 0.25) is 5.75 Å². The number of esters is 1. The molecule has 0 amide bonds. The van der Waals surface area contributed by atoms with Gasteiger partial charge in [-0.3, -0.25) is 4.79 Å². The fraction of sp³-hybridized carbons (Fsp3) is 0.400. The normalized spacial score (nSPS) is 10.5. The summed E-state index contributed by atoms with van der Waals surface area (Å²) in [6, 6.07) is 0.532. The number of ether oxygens (including phenoxy) is 1. The van der Waals surface area contributed by atoms with Gasteiger partial charge in [-0.15, -0.1) is 0 Å². The molecule has 0 saturated heterocycles. The number of rotatable bonds is 5. The summed E-state index contributed by atoms with van der Waals surface area (Å²) in [5, 5.41) is 19.8. The maximum atomic E-state index is 12.7. The standard InChI is InChI=1S/C10H10F2N2O5/c1-2-19-8(16)4-6-5(9(11)12)3-7(15)10(13-6)14(17)18/h3,9,15H,2,4H2,1H3. The molecule has 0 saturated carbocycles. The van der Waals surface area contributed by atoms with Gasteiger partial charge in [-0.1, -0.05) is 0 Å². The first-order valence-electron chi connectivity index (χ1n) is 5.17. The van der Waals surface area contributed by atoms with E-state index in [1.54, 1.807) is 0 Å². The number of nitrogens with zero attached hydrogens (tertiary/aromatic N) is 2. The third-order valence-electron chi connectivity index (χ3n) is 2.12. The van der Waals surface area contributed by atoms with Gasteiger partial charge in [0.15, 0.2) is 5.69 Å². The molecule has 104 valence electrons. The minimum atomic E-state index is -3.02. The van der Waals surface area contributed by atoms with Crippen molar-refractivity contribution in [1.82, 2.24) is 4.98 Å². The lowest BCUT2D eigenvalue weighted by molar-refractivity contribution is -0.390. The zero-order chi connectivity index (χ0) is 14.6. The van der Waals surface area contributed by atoms with Gasteiger partial charge in [-0.2, -0.15) is 0 Å². The molecule has 7 nitrogen and oxygen atoms in total. The molecular weight excluding hydrogens is 266 g/mol. The molecule has 0 aliphatic carbocycles. The van der Waals surface area contributed by atoms with Gasteiger partial charge in [-0.05, 0) is 16.8 Å². The summed E-state index contributed by atoms with van der Waals surface area (Å²) < 4.78 is 30.0. The van der Waals surface area contributed by atoms with Crippen LogP contribution in [0.3, 0.4) is 0 Å². The highest BCUT2D eigenvalue weighted by atomic mass is 19.3. The number of aromatic hydroxyl groups is 1. The largest absolute Gasteiger partial charge is 0.501 e. The Morgan fingerprint density at radius 1 is 1.63 bits per heavy atom. The maximum absolute atomic E-state index is 12.7. The molecule has 1 aromatic rings. The third kappa shape index (κ3) is 3.57. The lowest BCUT2D eigenvalue weighted by Gasteiger charge is -2.06. The van der Waals surface area contributed by atoms with Crippen molar-refractivity contribution in [2.75, 3.05) is 6.61 Å². The molecule has 1 aromatic heterocycles. The highest BCUT2D eigenvalue weighted by Crippen LogP contribution is 2.31. The van der Waals surface area contributed by atoms with Crippen LogP contribution >= 0.6 is 0 Å². The van der Waals surface area contributed by atoms with Crippen molar-refractivity contribution >= 4 is 11.8 Å². The summed E-state index contributed by atoms with van der Waals surface area (Å²) >= 11 is 0. The van der Waals surface area contributed by atoms with Crippen molar-refractivity contribution in [3.63, 3.8) is 0 Å². The number of hydrogen-bond acceptors (Lipinski definition) is 6. The van der Waals surface area contributed by atoms with Crippen LogP contribution in [0.4, 0.5) is 14.6 Å². The van der Waals surface area contributed by atoms with Crippen LogP contribution < -0.4 is 0 Å². The number of halogens is 2. The van der Waals surface area contributed by atoms with E-state index in [-0.39, 0.29) is 6.61 Å². The first-order valence-corrected chi connectivity index (χ1v) is 5.17. The van der Waals surface area contributed by atoms with Crippen LogP contribution in [0.2, 0.25) is 0 Å². The molecule has 1 rings (SSSR count). The minimum Gasteiger partial charge on any atom is -0.501 e. The Labute approximate surface area is 106 Å². The van der Waals surface area contributed by atoms with Crippen LogP contribution in [-0.4, -0.2) is 27.6 Å². The van der Waals surface area contributed by atoms with Crippen LogP contribution in [0.5, 0.6) is 5.75 Å². The maximum Gasteiger partial charge on any atom is 0.406 e. The van der Waals surface area contributed by atoms with Gasteiger partial charge in [0, 0.05) is 6.07 Å². The van der Waals surface area contributed by atoms with Crippen LogP contribution in [0.25, 0.3) is 0 Å².